The molecule has 1 aromatic carbocycles. The Morgan fingerprint density at radius 2 is 2.15 bits per heavy atom. The van der Waals surface area contributed by atoms with Gasteiger partial charge < -0.3 is 14.6 Å². The molecule has 26 heavy (non-hydrogen) atoms. The lowest BCUT2D eigenvalue weighted by atomic mass is 9.76. The quantitative estimate of drug-likeness (QED) is 0.786. The van der Waals surface area contributed by atoms with Crippen molar-refractivity contribution in [2.75, 3.05) is 6.61 Å². The largest absolute Gasteiger partial charge is 0.378 e. The lowest BCUT2D eigenvalue weighted by molar-refractivity contribution is 0.00809. The number of nitrogens with one attached hydrogen (secondary N) is 1. The molecule has 3 heterocycles. The maximum Gasteiger partial charge on any atom is 0.253 e. The van der Waals surface area contributed by atoms with Crippen LogP contribution in [0.3, 0.4) is 0 Å². The van der Waals surface area contributed by atoms with Gasteiger partial charge in [0.2, 0.25) is 0 Å². The molecule has 2 aliphatic rings. The maximum absolute atomic E-state index is 12.6. The van der Waals surface area contributed by atoms with Gasteiger partial charge in [0.05, 0.1) is 24.5 Å². The fraction of sp³-hybridized carbons (Fsp3) is 0.350. The standard InChI is InChI=1S/C20H20N4O2/c25-20(23-16-9-18-15(16)6-7-26-18)14-8-17-19(21-10-14)24(12-22-17)11-13-4-2-1-3-5-13/h1-5,8,10,12,15-16,18H,6-7,9,11H2,(H,23,25)/t15-,16+,18+/m0/s1. The van der Waals surface area contributed by atoms with E-state index < -0.39 is 0 Å². The SMILES string of the molecule is O=C(N[C@@H]1C[C@H]2OCC[C@@H]12)c1cnc2c(c1)ncn2Cc1ccccc1. The predicted molar refractivity (Wildman–Crippen MR) is 96.8 cm³/mol. The van der Waals surface area contributed by atoms with Crippen molar-refractivity contribution < 1.29 is 9.53 Å². The van der Waals surface area contributed by atoms with Gasteiger partial charge in [0.25, 0.3) is 5.91 Å². The van der Waals surface area contributed by atoms with Crippen molar-refractivity contribution in [2.24, 2.45) is 5.92 Å². The van der Waals surface area contributed by atoms with Crippen molar-refractivity contribution in [1.82, 2.24) is 19.9 Å². The van der Waals surface area contributed by atoms with Crippen LogP contribution in [0.15, 0.2) is 48.9 Å². The summed E-state index contributed by atoms with van der Waals surface area (Å²) in [5.41, 5.74) is 3.28. The molecule has 0 radical (unpaired) electrons. The molecule has 3 atom stereocenters. The zero-order valence-corrected chi connectivity index (χ0v) is 14.3. The van der Waals surface area contributed by atoms with Crippen molar-refractivity contribution in [3.63, 3.8) is 0 Å². The van der Waals surface area contributed by atoms with Gasteiger partial charge in [0.15, 0.2) is 5.65 Å². The number of rotatable bonds is 4. The van der Waals surface area contributed by atoms with Gasteiger partial charge in [0, 0.05) is 24.8 Å². The van der Waals surface area contributed by atoms with E-state index in [4.69, 9.17) is 4.74 Å². The van der Waals surface area contributed by atoms with Crippen molar-refractivity contribution >= 4 is 17.1 Å². The molecule has 0 bridgehead atoms. The third-order valence-electron chi connectivity index (χ3n) is 5.49. The molecule has 6 heteroatoms. The van der Waals surface area contributed by atoms with Crippen molar-refractivity contribution in [3.8, 4) is 0 Å². The first-order valence-corrected chi connectivity index (χ1v) is 9.05. The average molecular weight is 348 g/mol. The van der Waals surface area contributed by atoms with Crippen LogP contribution < -0.4 is 5.32 Å². The molecule has 2 fully saturated rings. The van der Waals surface area contributed by atoms with E-state index in [2.05, 4.69) is 27.4 Å². The van der Waals surface area contributed by atoms with Crippen molar-refractivity contribution in [1.29, 1.82) is 0 Å². The number of hydrogen-bond acceptors (Lipinski definition) is 4. The van der Waals surface area contributed by atoms with E-state index >= 15 is 0 Å². The smallest absolute Gasteiger partial charge is 0.253 e. The van der Waals surface area contributed by atoms with Gasteiger partial charge in [-0.25, -0.2) is 9.97 Å². The van der Waals surface area contributed by atoms with E-state index in [-0.39, 0.29) is 11.9 Å². The number of ether oxygens (including phenoxy) is 1. The van der Waals surface area contributed by atoms with Crippen LogP contribution in [0.5, 0.6) is 0 Å². The van der Waals surface area contributed by atoms with E-state index in [0.717, 1.165) is 30.6 Å². The highest BCUT2D eigenvalue weighted by Crippen LogP contribution is 2.38. The zero-order valence-electron chi connectivity index (χ0n) is 14.3. The zero-order chi connectivity index (χ0) is 17.5. The first kappa shape index (κ1) is 15.5. The van der Waals surface area contributed by atoms with E-state index in [9.17, 15) is 4.79 Å². The van der Waals surface area contributed by atoms with Crippen LogP contribution in [-0.2, 0) is 11.3 Å². The number of benzene rings is 1. The molecule has 0 unspecified atom stereocenters. The number of pyridine rings is 1. The summed E-state index contributed by atoms with van der Waals surface area (Å²) in [6.07, 6.45) is 5.71. The lowest BCUT2D eigenvalue weighted by Gasteiger charge is -2.39. The summed E-state index contributed by atoms with van der Waals surface area (Å²) >= 11 is 0. The molecule has 132 valence electrons. The van der Waals surface area contributed by atoms with Crippen LogP contribution in [0.2, 0.25) is 0 Å². The highest BCUT2D eigenvalue weighted by Gasteiger charge is 2.45. The fourth-order valence-electron chi connectivity index (χ4n) is 3.98. The highest BCUT2D eigenvalue weighted by atomic mass is 16.5. The average Bonchev–Trinajstić information content (AvgIpc) is 3.23. The minimum Gasteiger partial charge on any atom is -0.378 e. The lowest BCUT2D eigenvalue weighted by Crippen LogP contribution is -2.53. The number of carbonyl (C=O) groups is 1. The monoisotopic (exact) mass is 348 g/mol. The number of fused-ring (bicyclic) bond motifs is 2. The van der Waals surface area contributed by atoms with Crippen LogP contribution in [0, 0.1) is 5.92 Å². The summed E-state index contributed by atoms with van der Waals surface area (Å²) in [5, 5.41) is 3.12. The first-order valence-electron chi connectivity index (χ1n) is 9.05. The Morgan fingerprint density at radius 3 is 3.00 bits per heavy atom. The molecule has 1 saturated heterocycles. The second-order valence-electron chi connectivity index (χ2n) is 7.10. The van der Waals surface area contributed by atoms with Crippen molar-refractivity contribution in [3.05, 3.63) is 60.0 Å². The molecule has 1 aliphatic carbocycles. The number of hydrogen-bond donors (Lipinski definition) is 1. The highest BCUT2D eigenvalue weighted by molar-refractivity contribution is 5.96. The minimum absolute atomic E-state index is 0.0765. The Labute approximate surface area is 151 Å². The fourth-order valence-corrected chi connectivity index (χ4v) is 3.98. The minimum atomic E-state index is -0.0765. The number of amides is 1. The molecular weight excluding hydrogens is 328 g/mol. The Kier molecular flexibility index (Phi) is 3.71. The van der Waals surface area contributed by atoms with Crippen LogP contribution in [0.1, 0.15) is 28.8 Å². The topological polar surface area (TPSA) is 69.0 Å². The molecule has 1 amide bonds. The predicted octanol–water partition coefficient (Wildman–Crippen LogP) is 2.39. The van der Waals surface area contributed by atoms with E-state index in [1.54, 1.807) is 12.5 Å². The Hall–Kier alpha value is -2.73. The summed E-state index contributed by atoms with van der Waals surface area (Å²) in [5.74, 6) is 0.396. The van der Waals surface area contributed by atoms with E-state index in [1.165, 1.54) is 5.56 Å². The Balaban J connectivity index is 1.33. The van der Waals surface area contributed by atoms with Gasteiger partial charge in [-0.3, -0.25) is 4.79 Å². The maximum atomic E-state index is 12.6. The van der Waals surface area contributed by atoms with E-state index in [1.807, 2.05) is 28.8 Å². The van der Waals surface area contributed by atoms with Gasteiger partial charge in [0.1, 0.15) is 5.52 Å². The number of carbonyl (C=O) groups excluding carboxylic acids is 1. The third kappa shape index (κ3) is 2.66. The molecule has 5 rings (SSSR count). The first-order chi connectivity index (χ1) is 12.8. The molecule has 1 saturated carbocycles. The third-order valence-corrected chi connectivity index (χ3v) is 5.49. The summed E-state index contributed by atoms with van der Waals surface area (Å²) < 4.78 is 7.60. The van der Waals surface area contributed by atoms with E-state index in [0.29, 0.717) is 24.1 Å². The van der Waals surface area contributed by atoms with Gasteiger partial charge in [-0.15, -0.1) is 0 Å². The summed E-state index contributed by atoms with van der Waals surface area (Å²) in [6.45, 7) is 1.52. The molecule has 3 aromatic rings. The summed E-state index contributed by atoms with van der Waals surface area (Å²) in [6, 6.07) is 12.2. The summed E-state index contributed by atoms with van der Waals surface area (Å²) in [4.78, 5) is 21.5. The van der Waals surface area contributed by atoms with Crippen molar-refractivity contribution in [2.45, 2.75) is 31.5 Å². The Bertz CT molecular complexity index is 953. The second-order valence-corrected chi connectivity index (χ2v) is 7.10. The molecule has 2 aromatic heterocycles. The van der Waals surface area contributed by atoms with Crippen LogP contribution >= 0.6 is 0 Å². The summed E-state index contributed by atoms with van der Waals surface area (Å²) in [7, 11) is 0. The second kappa shape index (κ2) is 6.21. The van der Waals surface area contributed by atoms with Crippen LogP contribution in [0.25, 0.3) is 11.2 Å². The molecular formula is C20H20N4O2. The molecule has 0 spiro atoms. The number of nitrogens with zero attached hydrogens (tertiary/aromatic N) is 3. The van der Waals surface area contributed by atoms with Crippen LogP contribution in [0.4, 0.5) is 0 Å². The Morgan fingerprint density at radius 1 is 1.27 bits per heavy atom. The molecule has 1 N–H and O–H groups in total. The number of imidazole rings is 1. The molecule has 6 nitrogen and oxygen atoms in total. The molecule has 1 aliphatic heterocycles. The number of aromatic nitrogens is 3. The van der Waals surface area contributed by atoms with Gasteiger partial charge in [-0.2, -0.15) is 0 Å². The van der Waals surface area contributed by atoms with Gasteiger partial charge >= 0.3 is 0 Å². The van der Waals surface area contributed by atoms with Gasteiger partial charge in [-0.05, 0) is 24.5 Å². The normalized spacial score (nSPS) is 24.2. The van der Waals surface area contributed by atoms with Gasteiger partial charge in [-0.1, -0.05) is 30.3 Å². The van der Waals surface area contributed by atoms with Crippen LogP contribution in [-0.4, -0.2) is 39.2 Å².